The van der Waals surface area contributed by atoms with Gasteiger partial charge in [-0.3, -0.25) is 4.90 Å². The molecule has 0 bridgehead atoms. The summed E-state index contributed by atoms with van der Waals surface area (Å²) in [5.74, 6) is 0.671. The fourth-order valence-corrected chi connectivity index (χ4v) is 3.99. The predicted octanol–water partition coefficient (Wildman–Crippen LogP) is 2.56. The van der Waals surface area contributed by atoms with Crippen molar-refractivity contribution in [3.63, 3.8) is 0 Å². The van der Waals surface area contributed by atoms with Crippen LogP contribution in [0.2, 0.25) is 0 Å². The van der Waals surface area contributed by atoms with Gasteiger partial charge in [0.2, 0.25) is 0 Å². The topological polar surface area (TPSA) is 73.0 Å². The van der Waals surface area contributed by atoms with Crippen LogP contribution in [0.25, 0.3) is 0 Å². The van der Waals surface area contributed by atoms with Crippen LogP contribution in [-0.4, -0.2) is 46.6 Å². The van der Waals surface area contributed by atoms with Crippen molar-refractivity contribution in [2.45, 2.75) is 64.5 Å². The molecule has 0 spiro atoms. The number of carbonyl (C=O) groups is 1. The van der Waals surface area contributed by atoms with E-state index in [1.54, 1.807) is 6.33 Å². The van der Waals surface area contributed by atoms with Crippen LogP contribution in [0.15, 0.2) is 6.33 Å². The third-order valence-electron chi connectivity index (χ3n) is 5.44. The highest BCUT2D eigenvalue weighted by atomic mass is 16.2. The summed E-state index contributed by atoms with van der Waals surface area (Å²) in [5.41, 5.74) is 2.33. The Bertz CT molecular complexity index is 523. The smallest absolute Gasteiger partial charge is 0.315 e. The molecule has 1 saturated heterocycles. The SMILES string of the molecule is Cc1[nH]cnc1CN1CCCC(CCNC(=O)NC2CCCC2)C1. The molecule has 2 fully saturated rings. The summed E-state index contributed by atoms with van der Waals surface area (Å²) in [6.45, 7) is 6.05. The molecule has 1 saturated carbocycles. The number of nitrogens with one attached hydrogen (secondary N) is 3. The third-order valence-corrected chi connectivity index (χ3v) is 5.44. The van der Waals surface area contributed by atoms with Gasteiger partial charge in [-0.1, -0.05) is 12.8 Å². The second kappa shape index (κ2) is 8.51. The molecule has 3 rings (SSSR count). The Morgan fingerprint density at radius 3 is 2.92 bits per heavy atom. The summed E-state index contributed by atoms with van der Waals surface area (Å²) in [6.07, 6.45) is 10.1. The van der Waals surface area contributed by atoms with Gasteiger partial charge < -0.3 is 15.6 Å². The molecule has 0 radical (unpaired) electrons. The van der Waals surface area contributed by atoms with Gasteiger partial charge in [-0.25, -0.2) is 9.78 Å². The Balaban J connectivity index is 1.34. The van der Waals surface area contributed by atoms with Crippen LogP contribution in [0.5, 0.6) is 0 Å². The Labute approximate surface area is 144 Å². The molecule has 1 aromatic rings. The molecule has 3 N–H and O–H groups in total. The first kappa shape index (κ1) is 17.3. The minimum atomic E-state index is 0.0155. The van der Waals surface area contributed by atoms with Gasteiger partial charge in [0.15, 0.2) is 0 Å². The lowest BCUT2D eigenvalue weighted by molar-refractivity contribution is 0.159. The molecule has 2 heterocycles. The maximum absolute atomic E-state index is 11.9. The fraction of sp³-hybridized carbons (Fsp3) is 0.778. The van der Waals surface area contributed by atoms with E-state index in [1.165, 1.54) is 31.4 Å². The van der Waals surface area contributed by atoms with Crippen LogP contribution >= 0.6 is 0 Å². The van der Waals surface area contributed by atoms with Crippen molar-refractivity contribution in [2.75, 3.05) is 19.6 Å². The van der Waals surface area contributed by atoms with Gasteiger partial charge in [-0.2, -0.15) is 0 Å². The molecule has 1 aliphatic carbocycles. The number of hydrogen-bond acceptors (Lipinski definition) is 3. The summed E-state index contributed by atoms with van der Waals surface area (Å²) < 4.78 is 0. The molecule has 2 amide bonds. The minimum Gasteiger partial charge on any atom is -0.348 e. The van der Waals surface area contributed by atoms with E-state index in [9.17, 15) is 4.79 Å². The summed E-state index contributed by atoms with van der Waals surface area (Å²) in [6, 6.07) is 0.411. The maximum atomic E-state index is 11.9. The number of imidazole rings is 1. The van der Waals surface area contributed by atoms with Crippen molar-refractivity contribution in [3.8, 4) is 0 Å². The Hall–Kier alpha value is -1.56. The molecule has 0 aromatic carbocycles. The van der Waals surface area contributed by atoms with Crippen molar-refractivity contribution in [1.29, 1.82) is 0 Å². The lowest BCUT2D eigenvalue weighted by Gasteiger charge is -2.32. The van der Waals surface area contributed by atoms with Crippen molar-refractivity contribution in [3.05, 3.63) is 17.7 Å². The summed E-state index contributed by atoms with van der Waals surface area (Å²) >= 11 is 0. The second-order valence-electron chi connectivity index (χ2n) is 7.39. The molecular formula is C18H31N5O. The average molecular weight is 333 g/mol. The van der Waals surface area contributed by atoms with Crippen molar-refractivity contribution < 1.29 is 4.79 Å². The predicted molar refractivity (Wildman–Crippen MR) is 94.7 cm³/mol. The van der Waals surface area contributed by atoms with Gasteiger partial charge >= 0.3 is 6.03 Å². The zero-order valence-corrected chi connectivity index (χ0v) is 14.8. The summed E-state index contributed by atoms with van der Waals surface area (Å²) in [4.78, 5) is 22.0. The largest absolute Gasteiger partial charge is 0.348 e. The van der Waals surface area contributed by atoms with E-state index in [4.69, 9.17) is 0 Å². The number of carbonyl (C=O) groups excluding carboxylic acids is 1. The number of nitrogens with zero attached hydrogens (tertiary/aromatic N) is 2. The molecule has 24 heavy (non-hydrogen) atoms. The maximum Gasteiger partial charge on any atom is 0.315 e. The van der Waals surface area contributed by atoms with Crippen LogP contribution in [-0.2, 0) is 6.54 Å². The van der Waals surface area contributed by atoms with Gasteiger partial charge in [0.05, 0.1) is 12.0 Å². The zero-order valence-electron chi connectivity index (χ0n) is 14.8. The number of aryl methyl sites for hydroxylation is 1. The minimum absolute atomic E-state index is 0.0155. The number of likely N-dealkylation sites (tertiary alicyclic amines) is 1. The van der Waals surface area contributed by atoms with Crippen molar-refractivity contribution >= 4 is 6.03 Å². The zero-order chi connectivity index (χ0) is 16.8. The number of urea groups is 1. The normalized spacial score (nSPS) is 22.6. The molecule has 6 heteroatoms. The average Bonchev–Trinajstić information content (AvgIpc) is 3.20. The van der Waals surface area contributed by atoms with Crippen LogP contribution in [0.4, 0.5) is 4.79 Å². The number of amides is 2. The first-order chi connectivity index (χ1) is 11.7. The van der Waals surface area contributed by atoms with E-state index < -0.39 is 0 Å². The van der Waals surface area contributed by atoms with Gasteiger partial charge in [0.1, 0.15) is 0 Å². The Kier molecular flexibility index (Phi) is 6.12. The first-order valence-electron chi connectivity index (χ1n) is 9.46. The molecule has 1 atom stereocenters. The molecule has 134 valence electrons. The number of H-pyrrole nitrogens is 1. The van der Waals surface area contributed by atoms with E-state index in [0.717, 1.165) is 51.1 Å². The Morgan fingerprint density at radius 1 is 1.33 bits per heavy atom. The quantitative estimate of drug-likeness (QED) is 0.749. The van der Waals surface area contributed by atoms with E-state index >= 15 is 0 Å². The van der Waals surface area contributed by atoms with Gasteiger partial charge in [-0.15, -0.1) is 0 Å². The van der Waals surface area contributed by atoms with Gasteiger partial charge in [-0.05, 0) is 51.5 Å². The molecule has 6 nitrogen and oxygen atoms in total. The van der Waals surface area contributed by atoms with Crippen molar-refractivity contribution in [1.82, 2.24) is 25.5 Å². The second-order valence-corrected chi connectivity index (χ2v) is 7.39. The van der Waals surface area contributed by atoms with E-state index in [0.29, 0.717) is 12.0 Å². The van der Waals surface area contributed by atoms with E-state index in [1.807, 2.05) is 0 Å². The van der Waals surface area contributed by atoms with Gasteiger partial charge in [0.25, 0.3) is 0 Å². The lowest BCUT2D eigenvalue weighted by Crippen LogP contribution is -2.42. The van der Waals surface area contributed by atoms with Crippen LogP contribution in [0, 0.1) is 12.8 Å². The van der Waals surface area contributed by atoms with Gasteiger partial charge in [0, 0.05) is 31.4 Å². The number of rotatable bonds is 6. The van der Waals surface area contributed by atoms with Crippen LogP contribution in [0.1, 0.15) is 56.3 Å². The standard InChI is InChI=1S/C18H31N5O/c1-14-17(21-13-20-14)12-23-10-4-5-15(11-23)8-9-19-18(24)22-16-6-2-3-7-16/h13,15-16H,2-12H2,1H3,(H,20,21)(H2,19,22,24). The van der Waals surface area contributed by atoms with E-state index in [-0.39, 0.29) is 6.03 Å². The number of aromatic amines is 1. The highest BCUT2D eigenvalue weighted by Gasteiger charge is 2.21. The number of aromatic nitrogens is 2. The number of hydrogen-bond donors (Lipinski definition) is 3. The fourth-order valence-electron chi connectivity index (χ4n) is 3.99. The summed E-state index contributed by atoms with van der Waals surface area (Å²) in [5, 5.41) is 6.13. The molecule has 1 aromatic heterocycles. The van der Waals surface area contributed by atoms with Crippen molar-refractivity contribution in [2.24, 2.45) is 5.92 Å². The highest BCUT2D eigenvalue weighted by molar-refractivity contribution is 5.74. The molecular weight excluding hydrogens is 302 g/mol. The highest BCUT2D eigenvalue weighted by Crippen LogP contribution is 2.21. The monoisotopic (exact) mass is 333 g/mol. The van der Waals surface area contributed by atoms with Crippen LogP contribution in [0.3, 0.4) is 0 Å². The molecule has 1 unspecified atom stereocenters. The van der Waals surface area contributed by atoms with Crippen LogP contribution < -0.4 is 10.6 Å². The summed E-state index contributed by atoms with van der Waals surface area (Å²) in [7, 11) is 0. The molecule has 1 aliphatic heterocycles. The number of piperidine rings is 1. The lowest BCUT2D eigenvalue weighted by atomic mass is 9.94. The third kappa shape index (κ3) is 4.97. The van der Waals surface area contributed by atoms with E-state index in [2.05, 4.69) is 32.4 Å². The molecule has 2 aliphatic rings. The Morgan fingerprint density at radius 2 is 2.17 bits per heavy atom. The first-order valence-corrected chi connectivity index (χ1v) is 9.46.